The Bertz CT molecular complexity index is 1110. The summed E-state index contributed by atoms with van der Waals surface area (Å²) in [5, 5.41) is 15.5. The number of ether oxygens (including phenoxy) is 1. The van der Waals surface area contributed by atoms with Gasteiger partial charge < -0.3 is 14.3 Å². The third-order valence-corrected chi connectivity index (χ3v) is 10.8. The second kappa shape index (κ2) is 8.30. The lowest BCUT2D eigenvalue weighted by molar-refractivity contribution is -0.942. The Hall–Kier alpha value is -1.99. The van der Waals surface area contributed by atoms with Crippen molar-refractivity contribution in [3.63, 3.8) is 0 Å². The quantitative estimate of drug-likeness (QED) is 0.388. The number of hydrogen-bond acceptors (Lipinski definition) is 5. The number of hydrogen-bond donors (Lipinski definition) is 1. The number of quaternary nitrogens is 1. The summed E-state index contributed by atoms with van der Waals surface area (Å²) in [5.74, 6) is 0.397. The van der Waals surface area contributed by atoms with Crippen molar-refractivity contribution in [1.82, 2.24) is 0 Å². The number of aliphatic hydroxyl groups is 1. The van der Waals surface area contributed by atoms with Crippen LogP contribution in [0, 0.1) is 11.8 Å². The van der Waals surface area contributed by atoms with Gasteiger partial charge in [-0.25, -0.2) is 4.79 Å². The molecule has 6 heteroatoms. The molecule has 2 aromatic heterocycles. The largest absolute Gasteiger partial charge is 0.459 e. The van der Waals surface area contributed by atoms with Gasteiger partial charge in [0.05, 0.1) is 35.9 Å². The van der Waals surface area contributed by atoms with Crippen LogP contribution < -0.4 is 0 Å². The molecular weight excluding hydrogens is 462 g/mol. The molecule has 3 aliphatic carbocycles. The summed E-state index contributed by atoms with van der Waals surface area (Å²) in [5.41, 5.74) is 1.25. The molecule has 2 unspecified atom stereocenters. The first-order chi connectivity index (χ1) is 16.4. The molecule has 2 heterocycles. The van der Waals surface area contributed by atoms with E-state index in [9.17, 15) is 9.90 Å². The lowest BCUT2D eigenvalue weighted by Crippen LogP contribution is -2.58. The fraction of sp³-hybridized carbons (Fsp3) is 0.464. The molecule has 4 nitrogen and oxygen atoms in total. The second-order valence-electron chi connectivity index (χ2n) is 10.8. The standard InChI is InChI=1S/C28H32NO3S2/c1-29(2,21-15-18-7-3-4-8-19(18)16-21)26-20-11-12-22(26)23(17-20)32-27(30)28(31,24-9-5-13-33-24)25-10-6-14-34-25/h3-10,13-14,20-23,26,31H,11-12,15-17H2,1-2H3/q+1/t20?,22-,23-,26?/m1/s1. The topological polar surface area (TPSA) is 46.5 Å². The number of esters is 1. The number of thiophene rings is 2. The van der Waals surface area contributed by atoms with Crippen molar-refractivity contribution in [3.05, 3.63) is 80.2 Å². The van der Waals surface area contributed by atoms with Crippen LogP contribution in [-0.2, 0) is 28.0 Å². The van der Waals surface area contributed by atoms with Gasteiger partial charge in [0.25, 0.3) is 0 Å². The van der Waals surface area contributed by atoms with Crippen LogP contribution in [0.1, 0.15) is 40.1 Å². The zero-order valence-electron chi connectivity index (χ0n) is 19.7. The van der Waals surface area contributed by atoms with E-state index in [1.165, 1.54) is 40.2 Å². The maximum absolute atomic E-state index is 13.6. The van der Waals surface area contributed by atoms with Gasteiger partial charge in [0, 0.05) is 24.7 Å². The van der Waals surface area contributed by atoms with Gasteiger partial charge >= 0.3 is 5.97 Å². The molecule has 6 rings (SSSR count). The van der Waals surface area contributed by atoms with E-state index < -0.39 is 11.6 Å². The summed E-state index contributed by atoms with van der Waals surface area (Å²) in [7, 11) is 4.79. The Kier molecular flexibility index (Phi) is 5.49. The maximum atomic E-state index is 13.6. The highest BCUT2D eigenvalue weighted by atomic mass is 32.1. The first kappa shape index (κ1) is 22.5. The number of nitrogens with zero attached hydrogens (tertiary/aromatic N) is 1. The predicted molar refractivity (Wildman–Crippen MR) is 136 cm³/mol. The molecule has 0 amide bonds. The van der Waals surface area contributed by atoms with Crippen LogP contribution in [0.4, 0.5) is 0 Å². The van der Waals surface area contributed by atoms with E-state index in [1.54, 1.807) is 0 Å². The highest BCUT2D eigenvalue weighted by Gasteiger charge is 2.59. The van der Waals surface area contributed by atoms with Crippen molar-refractivity contribution >= 4 is 28.6 Å². The normalized spacial score (nSPS) is 26.7. The molecular formula is C28H32NO3S2+. The van der Waals surface area contributed by atoms with Crippen LogP contribution in [0.3, 0.4) is 0 Å². The van der Waals surface area contributed by atoms with E-state index in [1.807, 2.05) is 35.0 Å². The minimum absolute atomic E-state index is 0.121. The Labute approximate surface area is 209 Å². The van der Waals surface area contributed by atoms with Gasteiger partial charge in [-0.05, 0) is 53.3 Å². The molecule has 0 aliphatic heterocycles. The minimum atomic E-state index is -1.73. The molecule has 0 spiro atoms. The average molecular weight is 495 g/mol. The van der Waals surface area contributed by atoms with Gasteiger partial charge in [-0.1, -0.05) is 36.4 Å². The molecule has 178 valence electrons. The fourth-order valence-corrected chi connectivity index (χ4v) is 8.88. The molecule has 34 heavy (non-hydrogen) atoms. The van der Waals surface area contributed by atoms with Gasteiger partial charge in [-0.15, -0.1) is 22.7 Å². The summed E-state index contributed by atoms with van der Waals surface area (Å²) in [4.78, 5) is 14.8. The number of rotatable bonds is 6. The number of benzene rings is 1. The third kappa shape index (κ3) is 3.41. The van der Waals surface area contributed by atoms with Crippen LogP contribution in [0.2, 0.25) is 0 Å². The molecule has 4 atom stereocenters. The number of carbonyl (C=O) groups is 1. The van der Waals surface area contributed by atoms with E-state index in [0.717, 1.165) is 30.2 Å². The number of likely N-dealkylation sites (N-methyl/N-ethyl adjacent to an activating group) is 1. The van der Waals surface area contributed by atoms with Crippen molar-refractivity contribution in [1.29, 1.82) is 0 Å². The third-order valence-electron chi connectivity index (χ3n) is 8.85. The summed E-state index contributed by atoms with van der Waals surface area (Å²) in [6.45, 7) is 0. The van der Waals surface area contributed by atoms with Crippen molar-refractivity contribution in [3.8, 4) is 0 Å². The monoisotopic (exact) mass is 494 g/mol. The molecule has 2 bridgehead atoms. The van der Waals surface area contributed by atoms with Crippen molar-refractivity contribution in [2.75, 3.05) is 14.1 Å². The first-order valence-electron chi connectivity index (χ1n) is 12.3. The lowest BCUT2D eigenvalue weighted by atomic mass is 9.96. The summed E-state index contributed by atoms with van der Waals surface area (Å²) in [6.07, 6.45) is 5.35. The van der Waals surface area contributed by atoms with E-state index >= 15 is 0 Å². The number of fused-ring (bicyclic) bond motifs is 3. The highest BCUT2D eigenvalue weighted by molar-refractivity contribution is 7.12. The Balaban J connectivity index is 1.23. The van der Waals surface area contributed by atoms with Crippen LogP contribution in [0.25, 0.3) is 0 Å². The van der Waals surface area contributed by atoms with Crippen molar-refractivity contribution in [2.45, 2.75) is 55.9 Å². The smallest absolute Gasteiger partial charge is 0.349 e. The van der Waals surface area contributed by atoms with E-state index in [0.29, 0.717) is 33.7 Å². The van der Waals surface area contributed by atoms with Gasteiger partial charge in [0.1, 0.15) is 6.10 Å². The zero-order chi connectivity index (χ0) is 23.5. The summed E-state index contributed by atoms with van der Waals surface area (Å²) < 4.78 is 7.21. The van der Waals surface area contributed by atoms with Crippen LogP contribution in [0.15, 0.2) is 59.3 Å². The molecule has 3 aromatic rings. The summed E-state index contributed by atoms with van der Waals surface area (Å²) in [6, 6.07) is 17.3. The molecule has 2 saturated carbocycles. The van der Waals surface area contributed by atoms with Crippen LogP contribution in [0.5, 0.6) is 0 Å². The van der Waals surface area contributed by atoms with Gasteiger partial charge in [-0.2, -0.15) is 0 Å². The van der Waals surface area contributed by atoms with E-state index in [4.69, 9.17) is 4.74 Å². The Morgan fingerprint density at radius 3 is 2.15 bits per heavy atom. The fourth-order valence-electron chi connectivity index (χ4n) is 7.17. The molecule has 2 fully saturated rings. The van der Waals surface area contributed by atoms with E-state index in [-0.39, 0.29) is 6.10 Å². The molecule has 3 aliphatic rings. The van der Waals surface area contributed by atoms with Gasteiger partial charge in [0.2, 0.25) is 5.60 Å². The predicted octanol–water partition coefficient (Wildman–Crippen LogP) is 5.00. The van der Waals surface area contributed by atoms with Gasteiger partial charge in [0.15, 0.2) is 0 Å². The zero-order valence-corrected chi connectivity index (χ0v) is 21.4. The average Bonchev–Trinajstić information content (AvgIpc) is 3.66. The lowest BCUT2D eigenvalue weighted by Gasteiger charge is -2.44. The van der Waals surface area contributed by atoms with Crippen molar-refractivity contribution in [2.24, 2.45) is 11.8 Å². The first-order valence-corrected chi connectivity index (χ1v) is 14.1. The Morgan fingerprint density at radius 2 is 1.59 bits per heavy atom. The van der Waals surface area contributed by atoms with Crippen LogP contribution >= 0.6 is 22.7 Å². The molecule has 1 aromatic carbocycles. The van der Waals surface area contributed by atoms with Gasteiger partial charge in [-0.3, -0.25) is 0 Å². The Morgan fingerprint density at radius 1 is 0.971 bits per heavy atom. The summed E-state index contributed by atoms with van der Waals surface area (Å²) >= 11 is 2.80. The highest BCUT2D eigenvalue weighted by Crippen LogP contribution is 2.52. The second-order valence-corrected chi connectivity index (χ2v) is 12.7. The molecule has 0 saturated heterocycles. The number of carbonyl (C=O) groups excluding carboxylic acids is 1. The molecule has 0 radical (unpaired) electrons. The van der Waals surface area contributed by atoms with Crippen molar-refractivity contribution < 1.29 is 19.1 Å². The SMILES string of the molecule is C[N+](C)(C1Cc2ccccc2C1)C1C2CC[C@@H]1[C@H](OC(=O)C(O)(c1cccs1)c1cccs1)C2. The minimum Gasteiger partial charge on any atom is -0.459 e. The van der Waals surface area contributed by atoms with E-state index in [2.05, 4.69) is 38.4 Å². The molecule has 1 N–H and O–H groups in total. The van der Waals surface area contributed by atoms with Crippen LogP contribution in [-0.4, -0.2) is 47.8 Å². The maximum Gasteiger partial charge on any atom is 0.349 e.